The summed E-state index contributed by atoms with van der Waals surface area (Å²) < 4.78 is 11.4. The van der Waals surface area contributed by atoms with Crippen LogP contribution in [0.25, 0.3) is 21.9 Å². The number of halogens is 1. The molecule has 0 fully saturated rings. The first-order valence-corrected chi connectivity index (χ1v) is 9.01. The molecule has 0 amide bonds. The lowest BCUT2D eigenvalue weighted by molar-refractivity contribution is -0.101. The number of rotatable bonds is 6. The van der Waals surface area contributed by atoms with Gasteiger partial charge in [0.25, 0.3) is 0 Å². The Balaban J connectivity index is 1.80. The predicted octanol–water partition coefficient (Wildman–Crippen LogP) is 3.38. The molecule has 0 radical (unpaired) electrons. The Hall–Kier alpha value is -2.69. The summed E-state index contributed by atoms with van der Waals surface area (Å²) in [6.45, 7) is 2.19. The van der Waals surface area contributed by atoms with Gasteiger partial charge in [-0.25, -0.2) is 9.97 Å². The summed E-state index contributed by atoms with van der Waals surface area (Å²) >= 11 is 3.52. The summed E-state index contributed by atoms with van der Waals surface area (Å²) in [6.07, 6.45) is 2.08. The zero-order chi connectivity index (χ0) is 19.0. The number of H-pyrrole nitrogens is 2. The van der Waals surface area contributed by atoms with Gasteiger partial charge >= 0.3 is 0 Å². The molecule has 0 aliphatic heterocycles. The quantitative estimate of drug-likeness (QED) is 0.344. The highest BCUT2D eigenvalue weighted by molar-refractivity contribution is 9.10. The van der Waals surface area contributed by atoms with Crippen LogP contribution in [0.3, 0.4) is 0 Å². The van der Waals surface area contributed by atoms with E-state index in [9.17, 15) is 5.11 Å². The van der Waals surface area contributed by atoms with Crippen LogP contribution in [0.5, 0.6) is 5.75 Å². The van der Waals surface area contributed by atoms with Crippen molar-refractivity contribution in [2.45, 2.75) is 13.2 Å². The number of ether oxygens (including phenoxy) is 2. The van der Waals surface area contributed by atoms with Crippen LogP contribution in [-0.2, 0) is 4.74 Å². The largest absolute Gasteiger partial charge is 0.494 e. The van der Waals surface area contributed by atoms with Crippen molar-refractivity contribution < 1.29 is 14.6 Å². The van der Waals surface area contributed by atoms with Crippen molar-refractivity contribution in [3.05, 3.63) is 34.8 Å². The number of hydrogen-bond acceptors (Lipinski definition) is 7. The maximum Gasteiger partial charge on any atom is 0.197 e. The molecule has 0 aliphatic carbocycles. The second kappa shape index (κ2) is 7.14. The molecule has 0 aliphatic rings. The molecule has 1 aromatic carbocycles. The molecule has 140 valence electrons. The summed E-state index contributed by atoms with van der Waals surface area (Å²) in [5.41, 5.74) is 2.64. The number of benzene rings is 1. The summed E-state index contributed by atoms with van der Waals surface area (Å²) in [5, 5.41) is 22.0. The number of fused-ring (bicyclic) bond motifs is 2. The molecule has 9 nitrogen and oxygen atoms in total. The van der Waals surface area contributed by atoms with Gasteiger partial charge in [0.2, 0.25) is 0 Å². The number of nitrogens with zero attached hydrogens (tertiary/aromatic N) is 3. The Morgan fingerprint density at radius 2 is 2.19 bits per heavy atom. The van der Waals surface area contributed by atoms with E-state index in [2.05, 4.69) is 46.4 Å². The van der Waals surface area contributed by atoms with Gasteiger partial charge in [0.05, 0.1) is 40.1 Å². The average molecular weight is 433 g/mol. The smallest absolute Gasteiger partial charge is 0.197 e. The summed E-state index contributed by atoms with van der Waals surface area (Å²) in [7, 11) is 1.60. The molecule has 0 spiro atoms. The first-order chi connectivity index (χ1) is 13.1. The number of hydrogen-bond donors (Lipinski definition) is 4. The summed E-state index contributed by atoms with van der Waals surface area (Å²) in [4.78, 5) is 11.7. The van der Waals surface area contributed by atoms with Gasteiger partial charge < -0.3 is 24.9 Å². The third-order valence-electron chi connectivity index (χ3n) is 4.14. The monoisotopic (exact) mass is 432 g/mol. The van der Waals surface area contributed by atoms with Crippen LogP contribution in [0.1, 0.15) is 18.9 Å². The number of aromatic amines is 2. The molecule has 3 aromatic heterocycles. The fraction of sp³-hybridized carbons (Fsp3) is 0.235. The molecule has 3 heterocycles. The van der Waals surface area contributed by atoms with Crippen LogP contribution in [0.2, 0.25) is 0 Å². The molecule has 4 aromatic rings. The molecule has 1 atom stereocenters. The van der Waals surface area contributed by atoms with E-state index in [4.69, 9.17) is 9.47 Å². The Kier molecular flexibility index (Phi) is 4.68. The van der Waals surface area contributed by atoms with Crippen LogP contribution < -0.4 is 10.1 Å². The molecule has 0 saturated heterocycles. The van der Waals surface area contributed by atoms with Gasteiger partial charge in [0.1, 0.15) is 23.5 Å². The van der Waals surface area contributed by atoms with E-state index < -0.39 is 6.29 Å². The number of aromatic nitrogens is 5. The van der Waals surface area contributed by atoms with Gasteiger partial charge in [0.15, 0.2) is 6.29 Å². The van der Waals surface area contributed by atoms with Crippen molar-refractivity contribution in [3.8, 4) is 5.75 Å². The Morgan fingerprint density at radius 3 is 2.96 bits per heavy atom. The van der Waals surface area contributed by atoms with Crippen LogP contribution in [0.4, 0.5) is 11.5 Å². The maximum absolute atomic E-state index is 10.2. The summed E-state index contributed by atoms with van der Waals surface area (Å²) in [6, 6.07) is 3.78. The first-order valence-electron chi connectivity index (χ1n) is 8.22. The van der Waals surface area contributed by atoms with Gasteiger partial charge in [-0.05, 0) is 28.9 Å². The van der Waals surface area contributed by atoms with Crippen LogP contribution in [0.15, 0.2) is 29.1 Å². The topological polar surface area (TPSA) is 121 Å². The lowest BCUT2D eigenvalue weighted by Gasteiger charge is -2.12. The molecular formula is C17H17BrN6O3. The number of anilines is 2. The van der Waals surface area contributed by atoms with Crippen LogP contribution in [0, 0.1) is 0 Å². The van der Waals surface area contributed by atoms with Crippen molar-refractivity contribution in [1.82, 2.24) is 25.1 Å². The third-order valence-corrected chi connectivity index (χ3v) is 4.96. The van der Waals surface area contributed by atoms with Gasteiger partial charge in [-0.1, -0.05) is 0 Å². The molecule has 0 bridgehead atoms. The minimum absolute atomic E-state index is 0.377. The number of aliphatic hydroxyl groups excluding tert-OH is 1. The molecular weight excluding hydrogens is 416 g/mol. The van der Waals surface area contributed by atoms with Gasteiger partial charge in [0, 0.05) is 18.1 Å². The van der Waals surface area contributed by atoms with E-state index in [-0.39, 0.29) is 0 Å². The lowest BCUT2D eigenvalue weighted by atomic mass is 10.2. The maximum atomic E-state index is 10.2. The minimum Gasteiger partial charge on any atom is -0.494 e. The first kappa shape index (κ1) is 17.7. The molecule has 4 rings (SSSR count). The fourth-order valence-corrected chi connectivity index (χ4v) is 3.55. The Labute approximate surface area is 162 Å². The van der Waals surface area contributed by atoms with Crippen molar-refractivity contribution in [1.29, 1.82) is 0 Å². The zero-order valence-corrected chi connectivity index (χ0v) is 16.2. The number of aliphatic hydroxyl groups is 1. The zero-order valence-electron chi connectivity index (χ0n) is 14.6. The fourth-order valence-electron chi connectivity index (χ4n) is 2.88. The SMILES string of the molecule is CCOC(O)c1[nH]c2ncnc(Nc3cc4cn[nH]c4cc3OC)c2c1Br. The number of nitrogens with one attached hydrogen (secondary N) is 3. The average Bonchev–Trinajstić information content (AvgIpc) is 3.25. The van der Waals surface area contributed by atoms with E-state index >= 15 is 0 Å². The van der Waals surface area contributed by atoms with Gasteiger partial charge in [-0.3, -0.25) is 5.10 Å². The van der Waals surface area contributed by atoms with E-state index in [1.54, 1.807) is 13.3 Å². The van der Waals surface area contributed by atoms with E-state index in [0.29, 0.717) is 39.4 Å². The second-order valence-corrected chi connectivity index (χ2v) is 6.53. The summed E-state index contributed by atoms with van der Waals surface area (Å²) in [5.74, 6) is 1.19. The normalized spacial score (nSPS) is 12.6. The van der Waals surface area contributed by atoms with Crippen LogP contribution >= 0.6 is 15.9 Å². The lowest BCUT2D eigenvalue weighted by Crippen LogP contribution is -2.03. The van der Waals surface area contributed by atoms with Crippen molar-refractivity contribution in [2.24, 2.45) is 0 Å². The standard InChI is InChI=1S/C17H17BrN6O3/c1-3-27-17(25)14-13(18)12-15(19-7-20-16(12)23-14)22-10-4-8-6-21-24-9(8)5-11(10)26-2/h4-7,17,25H,3H2,1-2H3,(H,21,24)(H2,19,20,22,23). The minimum atomic E-state index is -1.09. The van der Waals surface area contributed by atoms with Crippen molar-refractivity contribution in [2.75, 3.05) is 19.0 Å². The van der Waals surface area contributed by atoms with Crippen molar-refractivity contribution in [3.63, 3.8) is 0 Å². The highest BCUT2D eigenvalue weighted by Gasteiger charge is 2.21. The third kappa shape index (κ3) is 3.11. The highest BCUT2D eigenvalue weighted by atomic mass is 79.9. The second-order valence-electron chi connectivity index (χ2n) is 5.74. The van der Waals surface area contributed by atoms with E-state index in [1.165, 1.54) is 6.33 Å². The van der Waals surface area contributed by atoms with Crippen molar-refractivity contribution >= 4 is 49.4 Å². The van der Waals surface area contributed by atoms with Crippen LogP contribution in [-0.4, -0.2) is 44.0 Å². The van der Waals surface area contributed by atoms with E-state index in [0.717, 1.165) is 16.6 Å². The Bertz CT molecular complexity index is 1110. The highest BCUT2D eigenvalue weighted by Crippen LogP contribution is 2.38. The predicted molar refractivity (Wildman–Crippen MR) is 104 cm³/mol. The molecule has 10 heteroatoms. The molecule has 4 N–H and O–H groups in total. The molecule has 0 saturated carbocycles. The van der Waals surface area contributed by atoms with Gasteiger partial charge in [-0.2, -0.15) is 5.10 Å². The van der Waals surface area contributed by atoms with E-state index in [1.807, 2.05) is 19.1 Å². The van der Waals surface area contributed by atoms with Gasteiger partial charge in [-0.15, -0.1) is 0 Å². The molecule has 1 unspecified atom stereocenters. The number of methoxy groups -OCH3 is 1. The molecule has 27 heavy (non-hydrogen) atoms. The Morgan fingerprint density at radius 1 is 1.33 bits per heavy atom.